The van der Waals surface area contributed by atoms with E-state index in [9.17, 15) is 0 Å². The zero-order chi connectivity index (χ0) is 11.4. The Morgan fingerprint density at radius 1 is 1.19 bits per heavy atom. The van der Waals surface area contributed by atoms with Crippen molar-refractivity contribution < 1.29 is 0 Å². The minimum absolute atomic E-state index is 0.957. The van der Waals surface area contributed by atoms with Crippen LogP contribution < -0.4 is 5.32 Å². The van der Waals surface area contributed by atoms with Gasteiger partial charge in [0.2, 0.25) is 0 Å². The van der Waals surface area contributed by atoms with Gasteiger partial charge in [-0.3, -0.25) is 4.99 Å². The Hall–Kier alpha value is -1.31. The molecule has 0 atom stereocenters. The van der Waals surface area contributed by atoms with Crippen molar-refractivity contribution in [2.45, 2.75) is 33.1 Å². The van der Waals surface area contributed by atoms with E-state index in [-0.39, 0.29) is 0 Å². The van der Waals surface area contributed by atoms with E-state index in [2.05, 4.69) is 42.4 Å². The lowest BCUT2D eigenvalue weighted by atomic mass is 9.98. The van der Waals surface area contributed by atoms with E-state index in [0.29, 0.717) is 0 Å². The molecule has 0 saturated carbocycles. The fraction of sp³-hybridized carbons (Fsp3) is 0.500. The highest BCUT2D eigenvalue weighted by molar-refractivity contribution is 5.83. The Kier molecular flexibility index (Phi) is 3.60. The molecule has 1 aromatic carbocycles. The second-order valence-electron chi connectivity index (χ2n) is 4.48. The number of nitrogens with one attached hydrogen (secondary N) is 1. The van der Waals surface area contributed by atoms with Gasteiger partial charge < -0.3 is 5.32 Å². The zero-order valence-corrected chi connectivity index (χ0v) is 10.2. The van der Waals surface area contributed by atoms with Crippen LogP contribution in [0.5, 0.6) is 0 Å². The summed E-state index contributed by atoms with van der Waals surface area (Å²) in [5, 5.41) is 3.32. The van der Waals surface area contributed by atoms with Gasteiger partial charge in [0.15, 0.2) is 0 Å². The summed E-state index contributed by atoms with van der Waals surface area (Å²) in [5.41, 5.74) is 4.35. The maximum absolute atomic E-state index is 4.42. The first-order valence-electron chi connectivity index (χ1n) is 6.09. The van der Waals surface area contributed by atoms with Crippen LogP contribution >= 0.6 is 0 Å². The quantitative estimate of drug-likeness (QED) is 0.822. The van der Waals surface area contributed by atoms with Crippen LogP contribution in [0.15, 0.2) is 23.2 Å². The standard InChI is InChI=1S/C14H20N2/c1-11-5-3-6-12(2)13(11)7-4-8-14-15-9-10-16-14/h3,5-6H,4,7-10H2,1-2H3,(H,15,16). The maximum atomic E-state index is 4.42. The van der Waals surface area contributed by atoms with Gasteiger partial charge in [-0.15, -0.1) is 0 Å². The third-order valence-corrected chi connectivity index (χ3v) is 3.23. The Morgan fingerprint density at radius 2 is 1.94 bits per heavy atom. The van der Waals surface area contributed by atoms with Gasteiger partial charge in [0.1, 0.15) is 0 Å². The van der Waals surface area contributed by atoms with E-state index < -0.39 is 0 Å². The predicted molar refractivity (Wildman–Crippen MR) is 69.2 cm³/mol. The minimum Gasteiger partial charge on any atom is -0.372 e. The summed E-state index contributed by atoms with van der Waals surface area (Å²) >= 11 is 0. The molecule has 0 radical (unpaired) electrons. The molecule has 0 spiro atoms. The Balaban J connectivity index is 1.89. The van der Waals surface area contributed by atoms with E-state index in [0.717, 1.165) is 19.5 Å². The lowest BCUT2D eigenvalue weighted by Crippen LogP contribution is -2.18. The molecule has 2 heteroatoms. The van der Waals surface area contributed by atoms with Crippen LogP contribution in [-0.4, -0.2) is 18.9 Å². The van der Waals surface area contributed by atoms with E-state index in [1.807, 2.05) is 0 Å². The molecular weight excluding hydrogens is 196 g/mol. The highest BCUT2D eigenvalue weighted by Crippen LogP contribution is 2.16. The second kappa shape index (κ2) is 5.15. The van der Waals surface area contributed by atoms with Gasteiger partial charge in [0.25, 0.3) is 0 Å². The molecule has 0 aromatic heterocycles. The van der Waals surface area contributed by atoms with Gasteiger partial charge in [-0.1, -0.05) is 18.2 Å². The van der Waals surface area contributed by atoms with Crippen LogP contribution in [0.4, 0.5) is 0 Å². The monoisotopic (exact) mass is 216 g/mol. The molecule has 0 unspecified atom stereocenters. The number of benzene rings is 1. The third-order valence-electron chi connectivity index (χ3n) is 3.23. The number of amidine groups is 1. The van der Waals surface area contributed by atoms with Crippen molar-refractivity contribution in [3.05, 3.63) is 34.9 Å². The van der Waals surface area contributed by atoms with Crippen molar-refractivity contribution in [1.29, 1.82) is 0 Å². The van der Waals surface area contributed by atoms with Crippen molar-refractivity contribution in [1.82, 2.24) is 5.32 Å². The first-order chi connectivity index (χ1) is 7.77. The van der Waals surface area contributed by atoms with Crippen molar-refractivity contribution in [3.8, 4) is 0 Å². The third kappa shape index (κ3) is 2.63. The summed E-state index contributed by atoms with van der Waals surface area (Å²) < 4.78 is 0. The molecule has 2 rings (SSSR count). The molecular formula is C14H20N2. The van der Waals surface area contributed by atoms with Crippen molar-refractivity contribution in [3.63, 3.8) is 0 Å². The summed E-state index contributed by atoms with van der Waals surface area (Å²) in [6.45, 7) is 6.39. The normalized spacial score (nSPS) is 14.8. The molecule has 1 aliphatic heterocycles. The SMILES string of the molecule is Cc1cccc(C)c1CCCC1=NCCN1. The predicted octanol–water partition coefficient (Wildman–Crippen LogP) is 2.63. The molecule has 1 N–H and O–H groups in total. The lowest BCUT2D eigenvalue weighted by Gasteiger charge is -2.09. The molecule has 16 heavy (non-hydrogen) atoms. The Morgan fingerprint density at radius 3 is 2.56 bits per heavy atom. The topological polar surface area (TPSA) is 24.4 Å². The number of rotatable bonds is 4. The fourth-order valence-electron chi connectivity index (χ4n) is 2.29. The molecule has 0 bridgehead atoms. The molecule has 0 saturated heterocycles. The molecule has 0 fully saturated rings. The number of hydrogen-bond acceptors (Lipinski definition) is 2. The molecule has 1 aromatic rings. The average molecular weight is 216 g/mol. The number of aliphatic imine (C=N–C) groups is 1. The van der Waals surface area contributed by atoms with Crippen molar-refractivity contribution in [2.24, 2.45) is 4.99 Å². The maximum Gasteiger partial charge on any atom is 0.0964 e. The molecule has 1 aliphatic rings. The van der Waals surface area contributed by atoms with Crippen molar-refractivity contribution in [2.75, 3.05) is 13.1 Å². The van der Waals surface area contributed by atoms with Crippen LogP contribution in [0.2, 0.25) is 0 Å². The summed E-state index contributed by atoms with van der Waals surface area (Å²) in [4.78, 5) is 4.42. The number of nitrogens with zero attached hydrogens (tertiary/aromatic N) is 1. The molecule has 0 aliphatic carbocycles. The molecule has 2 nitrogen and oxygen atoms in total. The van der Waals surface area contributed by atoms with Gasteiger partial charge in [-0.2, -0.15) is 0 Å². The Labute approximate surface area is 97.8 Å². The van der Waals surface area contributed by atoms with E-state index >= 15 is 0 Å². The van der Waals surface area contributed by atoms with Crippen molar-refractivity contribution >= 4 is 5.84 Å². The van der Waals surface area contributed by atoms with Crippen LogP contribution in [0, 0.1) is 13.8 Å². The smallest absolute Gasteiger partial charge is 0.0964 e. The van der Waals surface area contributed by atoms with E-state index in [4.69, 9.17) is 0 Å². The second-order valence-corrected chi connectivity index (χ2v) is 4.48. The minimum atomic E-state index is 0.957. The van der Waals surface area contributed by atoms with Gasteiger partial charge in [0.05, 0.1) is 12.4 Å². The van der Waals surface area contributed by atoms with Crippen LogP contribution in [0.1, 0.15) is 29.5 Å². The largest absolute Gasteiger partial charge is 0.372 e. The fourth-order valence-corrected chi connectivity index (χ4v) is 2.29. The van der Waals surface area contributed by atoms with Gasteiger partial charge >= 0.3 is 0 Å². The van der Waals surface area contributed by atoms with Gasteiger partial charge in [-0.25, -0.2) is 0 Å². The van der Waals surface area contributed by atoms with Crippen LogP contribution in [0.3, 0.4) is 0 Å². The van der Waals surface area contributed by atoms with E-state index in [1.54, 1.807) is 0 Å². The first kappa shape index (κ1) is 11.2. The number of aryl methyl sites for hydroxylation is 2. The first-order valence-corrected chi connectivity index (χ1v) is 6.09. The summed E-state index contributed by atoms with van der Waals surface area (Å²) in [7, 11) is 0. The van der Waals surface area contributed by atoms with E-state index in [1.165, 1.54) is 35.4 Å². The molecule has 1 heterocycles. The highest BCUT2D eigenvalue weighted by Gasteiger charge is 2.06. The summed E-state index contributed by atoms with van der Waals surface area (Å²) in [6.07, 6.45) is 3.45. The zero-order valence-electron chi connectivity index (χ0n) is 10.2. The van der Waals surface area contributed by atoms with Crippen LogP contribution in [0.25, 0.3) is 0 Å². The summed E-state index contributed by atoms with van der Waals surface area (Å²) in [6, 6.07) is 6.54. The van der Waals surface area contributed by atoms with Crippen LogP contribution in [-0.2, 0) is 6.42 Å². The number of hydrogen-bond donors (Lipinski definition) is 1. The lowest BCUT2D eigenvalue weighted by molar-refractivity contribution is 0.835. The average Bonchev–Trinajstić information content (AvgIpc) is 2.75. The van der Waals surface area contributed by atoms with Gasteiger partial charge in [-0.05, 0) is 43.4 Å². The molecule has 86 valence electrons. The highest BCUT2D eigenvalue weighted by atomic mass is 15.1. The Bertz CT molecular complexity index is 373. The molecule has 0 amide bonds. The van der Waals surface area contributed by atoms with Gasteiger partial charge in [0, 0.05) is 13.0 Å². The summed E-state index contributed by atoms with van der Waals surface area (Å²) in [5.74, 6) is 1.20.